The Kier molecular flexibility index (Phi) is 3.18. The molecule has 0 bridgehead atoms. The smallest absolute Gasteiger partial charge is 0.339 e. The molecule has 0 fully saturated rings. The maximum atomic E-state index is 11.3. The SMILES string of the molecule is Cc1ccc(-n2cc(C(=O)O)c(C(C)(C)C)n2)cc1. The van der Waals surface area contributed by atoms with Crippen molar-refractivity contribution >= 4 is 5.97 Å². The zero-order chi connectivity index (χ0) is 14.2. The zero-order valence-corrected chi connectivity index (χ0v) is 11.6. The Balaban J connectivity index is 2.55. The second-order valence-corrected chi connectivity index (χ2v) is 5.73. The molecule has 0 aliphatic rings. The van der Waals surface area contributed by atoms with Gasteiger partial charge in [0, 0.05) is 11.6 Å². The minimum atomic E-state index is -0.941. The van der Waals surface area contributed by atoms with Gasteiger partial charge in [-0.15, -0.1) is 0 Å². The van der Waals surface area contributed by atoms with Gasteiger partial charge in [0.1, 0.15) is 5.56 Å². The second kappa shape index (κ2) is 4.53. The average Bonchev–Trinajstić information content (AvgIpc) is 2.74. The van der Waals surface area contributed by atoms with Crippen LogP contribution in [0.2, 0.25) is 0 Å². The van der Waals surface area contributed by atoms with Crippen LogP contribution >= 0.6 is 0 Å². The van der Waals surface area contributed by atoms with E-state index in [1.54, 1.807) is 10.9 Å². The highest BCUT2D eigenvalue weighted by atomic mass is 16.4. The first-order chi connectivity index (χ1) is 8.79. The summed E-state index contributed by atoms with van der Waals surface area (Å²) in [7, 11) is 0. The van der Waals surface area contributed by atoms with E-state index in [0.717, 1.165) is 11.3 Å². The van der Waals surface area contributed by atoms with E-state index in [9.17, 15) is 9.90 Å². The van der Waals surface area contributed by atoms with Crippen molar-refractivity contribution in [2.24, 2.45) is 0 Å². The number of carboxylic acids is 1. The molecule has 1 aromatic heterocycles. The van der Waals surface area contributed by atoms with Gasteiger partial charge in [-0.05, 0) is 19.1 Å². The third kappa shape index (κ3) is 2.67. The fraction of sp³-hybridized carbons (Fsp3) is 0.333. The molecule has 2 rings (SSSR count). The Morgan fingerprint density at radius 2 is 1.79 bits per heavy atom. The molecule has 1 aromatic carbocycles. The molecule has 0 saturated heterocycles. The van der Waals surface area contributed by atoms with Crippen molar-refractivity contribution in [3.8, 4) is 5.69 Å². The topological polar surface area (TPSA) is 55.1 Å². The highest BCUT2D eigenvalue weighted by molar-refractivity contribution is 5.89. The lowest BCUT2D eigenvalue weighted by molar-refractivity contribution is 0.0694. The van der Waals surface area contributed by atoms with Crippen molar-refractivity contribution < 1.29 is 9.90 Å². The van der Waals surface area contributed by atoms with Crippen molar-refractivity contribution in [1.29, 1.82) is 0 Å². The molecule has 4 heteroatoms. The number of carboxylic acid groups (broad SMARTS) is 1. The fourth-order valence-corrected chi connectivity index (χ4v) is 1.91. The maximum absolute atomic E-state index is 11.3. The van der Waals surface area contributed by atoms with Crippen LogP contribution in [0.4, 0.5) is 0 Å². The molecule has 100 valence electrons. The first-order valence-corrected chi connectivity index (χ1v) is 6.19. The van der Waals surface area contributed by atoms with E-state index in [2.05, 4.69) is 5.10 Å². The summed E-state index contributed by atoms with van der Waals surface area (Å²) in [6.07, 6.45) is 1.58. The van der Waals surface area contributed by atoms with Crippen LogP contribution in [-0.4, -0.2) is 20.9 Å². The van der Waals surface area contributed by atoms with Gasteiger partial charge >= 0.3 is 5.97 Å². The molecule has 0 atom stereocenters. The monoisotopic (exact) mass is 258 g/mol. The lowest BCUT2D eigenvalue weighted by Crippen LogP contribution is -2.16. The number of aromatic nitrogens is 2. The van der Waals surface area contributed by atoms with Crippen LogP contribution in [-0.2, 0) is 5.41 Å². The molecule has 0 spiro atoms. The van der Waals surface area contributed by atoms with Crippen molar-refractivity contribution in [2.75, 3.05) is 0 Å². The molecular formula is C15H18N2O2. The maximum Gasteiger partial charge on any atom is 0.339 e. The van der Waals surface area contributed by atoms with Gasteiger partial charge in [-0.2, -0.15) is 5.10 Å². The lowest BCUT2D eigenvalue weighted by Gasteiger charge is -2.15. The minimum absolute atomic E-state index is 0.257. The van der Waals surface area contributed by atoms with E-state index in [-0.39, 0.29) is 11.0 Å². The Bertz CT molecular complexity index is 604. The standard InChI is InChI=1S/C15H18N2O2/c1-10-5-7-11(8-6-10)17-9-12(14(18)19)13(16-17)15(2,3)4/h5-9H,1-4H3,(H,18,19). The van der Waals surface area contributed by atoms with Crippen molar-refractivity contribution in [3.05, 3.63) is 47.3 Å². The Labute approximate surface area is 112 Å². The molecule has 0 saturated carbocycles. The Morgan fingerprint density at radius 3 is 2.21 bits per heavy atom. The van der Waals surface area contributed by atoms with Crippen LogP contribution in [0.1, 0.15) is 42.4 Å². The second-order valence-electron chi connectivity index (χ2n) is 5.73. The average molecular weight is 258 g/mol. The number of aromatic carboxylic acids is 1. The molecule has 2 aromatic rings. The quantitative estimate of drug-likeness (QED) is 0.900. The van der Waals surface area contributed by atoms with Gasteiger partial charge in [-0.25, -0.2) is 9.48 Å². The highest BCUT2D eigenvalue weighted by Crippen LogP contribution is 2.25. The summed E-state index contributed by atoms with van der Waals surface area (Å²) in [5.41, 5.74) is 2.58. The third-order valence-electron chi connectivity index (χ3n) is 2.95. The predicted octanol–water partition coefficient (Wildman–Crippen LogP) is 3.18. The summed E-state index contributed by atoms with van der Waals surface area (Å²) < 4.78 is 1.63. The summed E-state index contributed by atoms with van der Waals surface area (Å²) >= 11 is 0. The number of carbonyl (C=O) groups is 1. The molecule has 1 heterocycles. The lowest BCUT2D eigenvalue weighted by atomic mass is 9.90. The molecule has 0 radical (unpaired) electrons. The number of hydrogen-bond donors (Lipinski definition) is 1. The van der Waals surface area contributed by atoms with Gasteiger partial charge in [0.25, 0.3) is 0 Å². The number of benzene rings is 1. The van der Waals surface area contributed by atoms with E-state index >= 15 is 0 Å². The van der Waals surface area contributed by atoms with Gasteiger partial charge in [-0.1, -0.05) is 38.5 Å². The van der Waals surface area contributed by atoms with Crippen LogP contribution in [0.15, 0.2) is 30.5 Å². The molecule has 0 aliphatic heterocycles. The first kappa shape index (κ1) is 13.3. The van der Waals surface area contributed by atoms with Crippen LogP contribution in [0, 0.1) is 6.92 Å². The number of nitrogens with zero attached hydrogens (tertiary/aromatic N) is 2. The fourth-order valence-electron chi connectivity index (χ4n) is 1.91. The summed E-state index contributed by atoms with van der Waals surface area (Å²) in [5, 5.41) is 13.7. The van der Waals surface area contributed by atoms with Crippen LogP contribution in [0.3, 0.4) is 0 Å². The molecule has 19 heavy (non-hydrogen) atoms. The largest absolute Gasteiger partial charge is 0.478 e. The van der Waals surface area contributed by atoms with Gasteiger partial charge < -0.3 is 5.11 Å². The Morgan fingerprint density at radius 1 is 1.21 bits per heavy atom. The van der Waals surface area contributed by atoms with Crippen LogP contribution < -0.4 is 0 Å². The summed E-state index contributed by atoms with van der Waals surface area (Å²) in [6, 6.07) is 7.82. The van der Waals surface area contributed by atoms with E-state index < -0.39 is 5.97 Å². The number of hydrogen-bond acceptors (Lipinski definition) is 2. The number of rotatable bonds is 2. The van der Waals surface area contributed by atoms with E-state index in [1.807, 2.05) is 52.0 Å². The van der Waals surface area contributed by atoms with E-state index in [1.165, 1.54) is 0 Å². The van der Waals surface area contributed by atoms with Crippen LogP contribution in [0.5, 0.6) is 0 Å². The normalized spacial score (nSPS) is 11.6. The molecular weight excluding hydrogens is 240 g/mol. The van der Waals surface area contributed by atoms with E-state index in [4.69, 9.17) is 0 Å². The number of aryl methyl sites for hydroxylation is 1. The van der Waals surface area contributed by atoms with Gasteiger partial charge in [0.2, 0.25) is 0 Å². The zero-order valence-electron chi connectivity index (χ0n) is 11.6. The summed E-state index contributed by atoms with van der Waals surface area (Å²) in [4.78, 5) is 11.3. The van der Waals surface area contributed by atoms with Gasteiger partial charge in [0.15, 0.2) is 0 Å². The molecule has 0 amide bonds. The van der Waals surface area contributed by atoms with Crippen molar-refractivity contribution in [3.63, 3.8) is 0 Å². The predicted molar refractivity (Wildman–Crippen MR) is 74.0 cm³/mol. The van der Waals surface area contributed by atoms with Crippen molar-refractivity contribution in [1.82, 2.24) is 9.78 Å². The summed E-state index contributed by atoms with van der Waals surface area (Å²) in [5.74, 6) is -0.941. The van der Waals surface area contributed by atoms with E-state index in [0.29, 0.717) is 5.69 Å². The minimum Gasteiger partial charge on any atom is -0.478 e. The third-order valence-corrected chi connectivity index (χ3v) is 2.95. The van der Waals surface area contributed by atoms with Gasteiger partial charge in [-0.3, -0.25) is 0 Å². The summed E-state index contributed by atoms with van der Waals surface area (Å²) in [6.45, 7) is 7.89. The molecule has 1 N–H and O–H groups in total. The highest BCUT2D eigenvalue weighted by Gasteiger charge is 2.26. The molecule has 0 unspecified atom stereocenters. The molecule has 4 nitrogen and oxygen atoms in total. The molecule has 0 aliphatic carbocycles. The van der Waals surface area contributed by atoms with Crippen molar-refractivity contribution in [2.45, 2.75) is 33.1 Å². The van der Waals surface area contributed by atoms with Crippen LogP contribution in [0.25, 0.3) is 5.69 Å². The Hall–Kier alpha value is -2.10. The first-order valence-electron chi connectivity index (χ1n) is 6.19. The van der Waals surface area contributed by atoms with Gasteiger partial charge in [0.05, 0.1) is 11.4 Å².